The minimum Gasteiger partial charge on any atom is -0.460 e. The molecule has 1 aromatic carbocycles. The number of likely N-dealkylation sites (tertiary alicyclic amines) is 1. The second-order valence-electron chi connectivity index (χ2n) is 6.23. The maximum atomic E-state index is 6.20. The Labute approximate surface area is 143 Å². The predicted molar refractivity (Wildman–Crippen MR) is 95.9 cm³/mol. The molecule has 1 atom stereocenters. The normalized spacial score (nSPS) is 18.7. The maximum Gasteiger partial charge on any atom is 0.134 e. The van der Waals surface area contributed by atoms with Gasteiger partial charge in [0.25, 0.3) is 0 Å². The molecular weight excluding hydrogens is 308 g/mol. The van der Waals surface area contributed by atoms with Crippen molar-refractivity contribution in [3.63, 3.8) is 0 Å². The highest BCUT2D eigenvalue weighted by atomic mass is 35.5. The maximum absolute atomic E-state index is 6.20. The molecule has 2 heterocycles. The summed E-state index contributed by atoms with van der Waals surface area (Å²) < 4.78 is 5.99. The van der Waals surface area contributed by atoms with Gasteiger partial charge in [-0.3, -0.25) is 4.90 Å². The average Bonchev–Trinajstić information content (AvgIpc) is 3.19. The number of nitrogens with zero attached hydrogens (tertiary/aromatic N) is 1. The van der Waals surface area contributed by atoms with Crippen molar-refractivity contribution in [2.24, 2.45) is 0 Å². The van der Waals surface area contributed by atoms with Gasteiger partial charge < -0.3 is 9.73 Å². The summed E-state index contributed by atoms with van der Waals surface area (Å²) in [5, 5.41) is 4.31. The second-order valence-corrected chi connectivity index (χ2v) is 6.64. The first kappa shape index (κ1) is 16.6. The van der Waals surface area contributed by atoms with Crippen LogP contribution in [0.5, 0.6) is 0 Å². The van der Waals surface area contributed by atoms with Gasteiger partial charge in [0.15, 0.2) is 0 Å². The van der Waals surface area contributed by atoms with Crippen LogP contribution in [0, 0.1) is 6.92 Å². The average molecular weight is 333 g/mol. The summed E-state index contributed by atoms with van der Waals surface area (Å²) in [5.41, 5.74) is 2.13. The largest absolute Gasteiger partial charge is 0.460 e. The van der Waals surface area contributed by atoms with Gasteiger partial charge in [-0.2, -0.15) is 0 Å². The fourth-order valence-electron chi connectivity index (χ4n) is 3.40. The molecule has 3 rings (SSSR count). The van der Waals surface area contributed by atoms with E-state index in [1.165, 1.54) is 19.4 Å². The van der Waals surface area contributed by atoms with Crippen molar-refractivity contribution in [1.29, 1.82) is 0 Å². The molecule has 1 aliphatic heterocycles. The fourth-order valence-corrected chi connectivity index (χ4v) is 3.57. The summed E-state index contributed by atoms with van der Waals surface area (Å²) in [6.07, 6.45) is 2.62. The van der Waals surface area contributed by atoms with E-state index in [1.807, 2.05) is 25.1 Å². The Hall–Kier alpha value is -1.29. The third-order valence-electron chi connectivity index (χ3n) is 4.78. The first-order valence-electron chi connectivity index (χ1n) is 8.48. The minimum absolute atomic E-state index is 0.671. The summed E-state index contributed by atoms with van der Waals surface area (Å²) in [7, 11) is 0. The number of benzene rings is 1. The lowest BCUT2D eigenvalue weighted by Gasteiger charge is -2.22. The van der Waals surface area contributed by atoms with Gasteiger partial charge >= 0.3 is 0 Å². The van der Waals surface area contributed by atoms with Crippen LogP contribution in [0.2, 0.25) is 5.02 Å². The molecule has 3 nitrogen and oxygen atoms in total. The van der Waals surface area contributed by atoms with E-state index < -0.39 is 0 Å². The number of furan rings is 1. The third kappa shape index (κ3) is 3.79. The van der Waals surface area contributed by atoms with Crippen LogP contribution in [0.25, 0.3) is 11.3 Å². The zero-order valence-corrected chi connectivity index (χ0v) is 14.7. The number of halogens is 1. The number of nitrogens with one attached hydrogen (secondary N) is 1. The van der Waals surface area contributed by atoms with Crippen molar-refractivity contribution < 1.29 is 4.42 Å². The van der Waals surface area contributed by atoms with Crippen molar-refractivity contribution in [3.8, 4) is 11.3 Å². The van der Waals surface area contributed by atoms with E-state index >= 15 is 0 Å². The van der Waals surface area contributed by atoms with Crippen molar-refractivity contribution in [3.05, 3.63) is 46.7 Å². The topological polar surface area (TPSA) is 28.4 Å². The van der Waals surface area contributed by atoms with E-state index in [2.05, 4.69) is 29.3 Å². The van der Waals surface area contributed by atoms with Crippen molar-refractivity contribution in [2.75, 3.05) is 19.6 Å². The highest BCUT2D eigenvalue weighted by Crippen LogP contribution is 2.29. The van der Waals surface area contributed by atoms with Gasteiger partial charge in [-0.25, -0.2) is 0 Å². The van der Waals surface area contributed by atoms with Gasteiger partial charge in [0.2, 0.25) is 0 Å². The molecule has 0 spiro atoms. The number of likely N-dealkylation sites (N-methyl/N-ethyl adjacent to an activating group) is 1. The number of hydrogen-bond donors (Lipinski definition) is 1. The molecule has 1 aliphatic rings. The van der Waals surface area contributed by atoms with Gasteiger partial charge in [0, 0.05) is 23.2 Å². The molecule has 1 saturated heterocycles. The smallest absolute Gasteiger partial charge is 0.134 e. The molecule has 1 N–H and O–H groups in total. The SMILES string of the molecule is CCN1CCC[C@H]1CNCc1ccc(-c2cccc(Cl)c2C)o1. The Morgan fingerprint density at radius 3 is 3.00 bits per heavy atom. The van der Waals surface area contributed by atoms with Gasteiger partial charge in [-0.05, 0) is 56.6 Å². The Morgan fingerprint density at radius 1 is 1.30 bits per heavy atom. The van der Waals surface area contributed by atoms with E-state index in [0.29, 0.717) is 6.04 Å². The van der Waals surface area contributed by atoms with Gasteiger partial charge in [0.05, 0.1) is 6.54 Å². The van der Waals surface area contributed by atoms with Gasteiger partial charge in [-0.1, -0.05) is 30.7 Å². The summed E-state index contributed by atoms with van der Waals surface area (Å²) >= 11 is 6.20. The Bertz CT molecular complexity index is 653. The molecule has 0 unspecified atom stereocenters. The molecule has 0 saturated carbocycles. The fraction of sp³-hybridized carbons (Fsp3) is 0.474. The molecule has 0 bridgehead atoms. The predicted octanol–water partition coefficient (Wildman–Crippen LogP) is 4.48. The van der Waals surface area contributed by atoms with Crippen LogP contribution in [0.1, 0.15) is 31.1 Å². The lowest BCUT2D eigenvalue weighted by molar-refractivity contribution is 0.258. The standard InChI is InChI=1S/C19H25ClN2O/c1-3-22-11-5-6-15(22)12-21-13-16-9-10-19(23-16)17-7-4-8-18(20)14(17)2/h4,7-10,15,21H,3,5-6,11-13H2,1-2H3/t15-/m0/s1. The van der Waals surface area contributed by atoms with Crippen molar-refractivity contribution in [1.82, 2.24) is 10.2 Å². The zero-order chi connectivity index (χ0) is 16.2. The number of rotatable bonds is 6. The molecule has 4 heteroatoms. The molecule has 124 valence electrons. The first-order valence-corrected chi connectivity index (χ1v) is 8.85. The highest BCUT2D eigenvalue weighted by molar-refractivity contribution is 6.31. The highest BCUT2D eigenvalue weighted by Gasteiger charge is 2.22. The minimum atomic E-state index is 0.671. The van der Waals surface area contributed by atoms with E-state index in [9.17, 15) is 0 Å². The zero-order valence-electron chi connectivity index (χ0n) is 13.9. The Balaban J connectivity index is 1.58. The van der Waals surface area contributed by atoms with Crippen molar-refractivity contribution in [2.45, 2.75) is 39.3 Å². The van der Waals surface area contributed by atoms with Crippen molar-refractivity contribution >= 4 is 11.6 Å². The molecule has 0 aliphatic carbocycles. The molecule has 0 amide bonds. The Morgan fingerprint density at radius 2 is 2.17 bits per heavy atom. The van der Waals surface area contributed by atoms with Crippen LogP contribution in [0.15, 0.2) is 34.7 Å². The van der Waals surface area contributed by atoms with Crippen LogP contribution in [0.3, 0.4) is 0 Å². The van der Waals surface area contributed by atoms with Crippen LogP contribution in [0.4, 0.5) is 0 Å². The number of hydrogen-bond acceptors (Lipinski definition) is 3. The van der Waals surface area contributed by atoms with Gasteiger partial charge in [0.1, 0.15) is 11.5 Å². The molecule has 1 fully saturated rings. The second kappa shape index (κ2) is 7.52. The van der Waals surface area contributed by atoms with Crippen LogP contribution in [-0.2, 0) is 6.54 Å². The van der Waals surface area contributed by atoms with E-state index in [0.717, 1.165) is 47.3 Å². The quantitative estimate of drug-likeness (QED) is 0.845. The summed E-state index contributed by atoms with van der Waals surface area (Å²) in [5.74, 6) is 1.86. The summed E-state index contributed by atoms with van der Waals surface area (Å²) in [6.45, 7) is 8.45. The van der Waals surface area contributed by atoms with E-state index in [-0.39, 0.29) is 0 Å². The lowest BCUT2D eigenvalue weighted by atomic mass is 10.1. The van der Waals surface area contributed by atoms with E-state index in [1.54, 1.807) is 0 Å². The van der Waals surface area contributed by atoms with Crippen LogP contribution in [-0.4, -0.2) is 30.6 Å². The van der Waals surface area contributed by atoms with Gasteiger partial charge in [-0.15, -0.1) is 0 Å². The van der Waals surface area contributed by atoms with E-state index in [4.69, 9.17) is 16.0 Å². The van der Waals surface area contributed by atoms with Crippen LogP contribution < -0.4 is 5.32 Å². The Kier molecular flexibility index (Phi) is 5.42. The summed E-state index contributed by atoms with van der Waals surface area (Å²) in [4.78, 5) is 2.55. The summed E-state index contributed by atoms with van der Waals surface area (Å²) in [6, 6.07) is 10.7. The molecule has 23 heavy (non-hydrogen) atoms. The van der Waals surface area contributed by atoms with Crippen LogP contribution >= 0.6 is 11.6 Å². The first-order chi connectivity index (χ1) is 11.2. The molecule has 0 radical (unpaired) electrons. The lowest BCUT2D eigenvalue weighted by Crippen LogP contribution is -2.37. The molecule has 1 aromatic heterocycles. The molecular formula is C19H25ClN2O. The third-order valence-corrected chi connectivity index (χ3v) is 5.19. The molecule has 2 aromatic rings. The monoisotopic (exact) mass is 332 g/mol.